The molecule has 0 spiro atoms. The highest BCUT2D eigenvalue weighted by molar-refractivity contribution is 5.11. The van der Waals surface area contributed by atoms with Crippen LogP contribution in [0, 0.1) is 5.41 Å². The average Bonchev–Trinajstić information content (AvgIpc) is 2.33. The predicted molar refractivity (Wildman–Crippen MR) is 75.3 cm³/mol. The summed E-state index contributed by atoms with van der Waals surface area (Å²) in [5, 5.41) is 3.15. The van der Waals surface area contributed by atoms with Crippen LogP contribution in [0.3, 0.4) is 0 Å². The molecule has 0 aromatic carbocycles. The molecule has 1 aromatic rings. The fraction of sp³-hybridized carbons (Fsp3) is 0.667. The first kappa shape index (κ1) is 13.5. The van der Waals surface area contributed by atoms with E-state index in [2.05, 4.69) is 47.2 Å². The number of piperidine rings is 1. The average molecular weight is 247 g/mol. The SMILES string of the molecule is CNCc1cccc(CN2CCC(C)(C)CC2)n1. The smallest absolute Gasteiger partial charge is 0.0547 e. The van der Waals surface area contributed by atoms with Crippen molar-refractivity contribution >= 4 is 0 Å². The van der Waals surface area contributed by atoms with Crippen LogP contribution in [0.5, 0.6) is 0 Å². The summed E-state index contributed by atoms with van der Waals surface area (Å²) in [6, 6.07) is 6.33. The van der Waals surface area contributed by atoms with E-state index in [-0.39, 0.29) is 0 Å². The van der Waals surface area contributed by atoms with Gasteiger partial charge in [0.15, 0.2) is 0 Å². The van der Waals surface area contributed by atoms with Crippen LogP contribution >= 0.6 is 0 Å². The standard InChI is InChI=1S/C15H25N3/c1-15(2)7-9-18(10-8-15)12-14-6-4-5-13(17-14)11-16-3/h4-6,16H,7-12H2,1-3H3. The molecule has 0 saturated carbocycles. The molecule has 0 atom stereocenters. The van der Waals surface area contributed by atoms with Gasteiger partial charge in [0.2, 0.25) is 0 Å². The Bertz CT molecular complexity index is 377. The van der Waals surface area contributed by atoms with E-state index < -0.39 is 0 Å². The zero-order chi connectivity index (χ0) is 13.0. The summed E-state index contributed by atoms with van der Waals surface area (Å²) in [6.07, 6.45) is 2.59. The Labute approximate surface area is 111 Å². The van der Waals surface area contributed by atoms with Gasteiger partial charge < -0.3 is 5.32 Å². The summed E-state index contributed by atoms with van der Waals surface area (Å²) >= 11 is 0. The lowest BCUT2D eigenvalue weighted by atomic mass is 9.83. The number of aromatic nitrogens is 1. The Hall–Kier alpha value is -0.930. The first-order valence-corrected chi connectivity index (χ1v) is 6.91. The molecule has 0 radical (unpaired) electrons. The van der Waals surface area contributed by atoms with Crippen LogP contribution in [0.25, 0.3) is 0 Å². The molecule has 0 amide bonds. The van der Waals surface area contributed by atoms with Crippen molar-refractivity contribution in [3.05, 3.63) is 29.6 Å². The number of hydrogen-bond acceptors (Lipinski definition) is 3. The van der Waals surface area contributed by atoms with E-state index in [0.717, 1.165) is 18.8 Å². The second-order valence-corrected chi connectivity index (χ2v) is 6.09. The molecule has 2 rings (SSSR count). The number of hydrogen-bond donors (Lipinski definition) is 1. The first-order chi connectivity index (χ1) is 8.59. The maximum atomic E-state index is 4.69. The van der Waals surface area contributed by atoms with Crippen LogP contribution in [0.15, 0.2) is 18.2 Å². The van der Waals surface area contributed by atoms with Gasteiger partial charge >= 0.3 is 0 Å². The molecule has 1 aromatic heterocycles. The molecule has 2 heterocycles. The Balaban J connectivity index is 1.91. The van der Waals surface area contributed by atoms with Crippen molar-refractivity contribution in [2.45, 2.75) is 39.8 Å². The van der Waals surface area contributed by atoms with Crippen molar-refractivity contribution in [1.82, 2.24) is 15.2 Å². The van der Waals surface area contributed by atoms with Crippen molar-refractivity contribution in [3.63, 3.8) is 0 Å². The number of pyridine rings is 1. The van der Waals surface area contributed by atoms with Crippen LogP contribution in [-0.4, -0.2) is 30.0 Å². The fourth-order valence-corrected chi connectivity index (χ4v) is 2.44. The van der Waals surface area contributed by atoms with Gasteiger partial charge in [-0.2, -0.15) is 0 Å². The van der Waals surface area contributed by atoms with Crippen molar-refractivity contribution < 1.29 is 0 Å². The zero-order valence-electron chi connectivity index (χ0n) is 11.9. The topological polar surface area (TPSA) is 28.2 Å². The maximum Gasteiger partial charge on any atom is 0.0547 e. The Kier molecular flexibility index (Phi) is 4.36. The Morgan fingerprint density at radius 3 is 2.56 bits per heavy atom. The van der Waals surface area contributed by atoms with Crippen LogP contribution < -0.4 is 5.32 Å². The molecule has 1 aliphatic heterocycles. The normalized spacial score (nSPS) is 19.9. The van der Waals surface area contributed by atoms with Crippen molar-refractivity contribution in [2.75, 3.05) is 20.1 Å². The highest BCUT2D eigenvalue weighted by Gasteiger charge is 2.25. The largest absolute Gasteiger partial charge is 0.314 e. The van der Waals surface area contributed by atoms with Crippen LogP contribution in [0.1, 0.15) is 38.1 Å². The third-order valence-corrected chi connectivity index (χ3v) is 3.82. The molecule has 0 aliphatic carbocycles. The number of rotatable bonds is 4. The van der Waals surface area contributed by atoms with Crippen LogP contribution in [0.2, 0.25) is 0 Å². The third-order valence-electron chi connectivity index (χ3n) is 3.82. The quantitative estimate of drug-likeness (QED) is 0.885. The Morgan fingerprint density at radius 1 is 1.22 bits per heavy atom. The fourth-order valence-electron chi connectivity index (χ4n) is 2.44. The minimum atomic E-state index is 0.526. The van der Waals surface area contributed by atoms with Crippen LogP contribution in [0.4, 0.5) is 0 Å². The van der Waals surface area contributed by atoms with E-state index in [0.29, 0.717) is 5.41 Å². The molecule has 0 unspecified atom stereocenters. The van der Waals surface area contributed by atoms with E-state index in [1.165, 1.54) is 31.6 Å². The second-order valence-electron chi connectivity index (χ2n) is 6.09. The molecule has 18 heavy (non-hydrogen) atoms. The van der Waals surface area contributed by atoms with Gasteiger partial charge in [0, 0.05) is 13.1 Å². The predicted octanol–water partition coefficient (Wildman–Crippen LogP) is 2.42. The van der Waals surface area contributed by atoms with Gasteiger partial charge in [-0.1, -0.05) is 19.9 Å². The summed E-state index contributed by atoms with van der Waals surface area (Å²) in [4.78, 5) is 7.21. The summed E-state index contributed by atoms with van der Waals surface area (Å²) < 4.78 is 0. The summed E-state index contributed by atoms with van der Waals surface area (Å²) in [7, 11) is 1.96. The minimum absolute atomic E-state index is 0.526. The third kappa shape index (κ3) is 3.79. The highest BCUT2D eigenvalue weighted by atomic mass is 15.1. The van der Waals surface area contributed by atoms with E-state index in [1.807, 2.05) is 7.05 Å². The molecule has 1 fully saturated rings. The zero-order valence-corrected chi connectivity index (χ0v) is 11.9. The molecule has 100 valence electrons. The Morgan fingerprint density at radius 2 is 1.89 bits per heavy atom. The lowest BCUT2D eigenvalue weighted by Crippen LogP contribution is -2.37. The van der Waals surface area contributed by atoms with Gasteiger partial charge in [0.05, 0.1) is 11.4 Å². The van der Waals surface area contributed by atoms with Gasteiger partial charge in [0.25, 0.3) is 0 Å². The lowest BCUT2D eigenvalue weighted by molar-refractivity contribution is 0.126. The van der Waals surface area contributed by atoms with Crippen molar-refractivity contribution in [1.29, 1.82) is 0 Å². The van der Waals surface area contributed by atoms with E-state index in [1.54, 1.807) is 0 Å². The number of nitrogens with one attached hydrogen (secondary N) is 1. The molecule has 1 saturated heterocycles. The van der Waals surface area contributed by atoms with Gasteiger partial charge in [-0.25, -0.2) is 0 Å². The molecule has 0 bridgehead atoms. The first-order valence-electron chi connectivity index (χ1n) is 6.91. The second kappa shape index (κ2) is 5.81. The molecule has 3 nitrogen and oxygen atoms in total. The molecular weight excluding hydrogens is 222 g/mol. The molecule has 3 heteroatoms. The summed E-state index contributed by atoms with van der Waals surface area (Å²) in [5.41, 5.74) is 2.85. The van der Waals surface area contributed by atoms with Crippen molar-refractivity contribution in [3.8, 4) is 0 Å². The molecule has 1 aliphatic rings. The number of likely N-dealkylation sites (tertiary alicyclic amines) is 1. The summed E-state index contributed by atoms with van der Waals surface area (Å²) in [6.45, 7) is 8.98. The number of nitrogens with zero attached hydrogens (tertiary/aromatic N) is 2. The van der Waals surface area contributed by atoms with Crippen LogP contribution in [-0.2, 0) is 13.1 Å². The van der Waals surface area contributed by atoms with E-state index >= 15 is 0 Å². The van der Waals surface area contributed by atoms with Gasteiger partial charge in [-0.3, -0.25) is 9.88 Å². The minimum Gasteiger partial charge on any atom is -0.314 e. The molecular formula is C15H25N3. The monoisotopic (exact) mass is 247 g/mol. The van der Waals surface area contributed by atoms with Gasteiger partial charge in [-0.15, -0.1) is 0 Å². The lowest BCUT2D eigenvalue weighted by Gasteiger charge is -2.36. The maximum absolute atomic E-state index is 4.69. The van der Waals surface area contributed by atoms with E-state index in [9.17, 15) is 0 Å². The molecule has 1 N–H and O–H groups in total. The van der Waals surface area contributed by atoms with E-state index in [4.69, 9.17) is 0 Å². The van der Waals surface area contributed by atoms with Gasteiger partial charge in [0.1, 0.15) is 0 Å². The highest BCUT2D eigenvalue weighted by Crippen LogP contribution is 2.30. The van der Waals surface area contributed by atoms with Crippen molar-refractivity contribution in [2.24, 2.45) is 5.41 Å². The van der Waals surface area contributed by atoms with Gasteiger partial charge in [-0.05, 0) is 50.5 Å². The summed E-state index contributed by atoms with van der Waals surface area (Å²) in [5.74, 6) is 0.